The van der Waals surface area contributed by atoms with E-state index in [0.29, 0.717) is 5.92 Å². The molecule has 0 aliphatic carbocycles. The Morgan fingerprint density at radius 3 is 2.63 bits per heavy atom. The monoisotopic (exact) mass is 411 g/mol. The van der Waals surface area contributed by atoms with Gasteiger partial charge in [-0.1, -0.05) is 0 Å². The van der Waals surface area contributed by atoms with Gasteiger partial charge in [0, 0.05) is 52.7 Å². The maximum atomic E-state index is 5.44. The van der Waals surface area contributed by atoms with Crippen molar-refractivity contribution >= 4 is 17.6 Å². The van der Waals surface area contributed by atoms with Gasteiger partial charge in [0.05, 0.1) is 13.2 Å². The minimum Gasteiger partial charge on any atom is -0.378 e. The van der Waals surface area contributed by atoms with Crippen LogP contribution in [0.3, 0.4) is 0 Å². The third kappa shape index (κ3) is 5.17. The highest BCUT2D eigenvalue weighted by molar-refractivity contribution is 5.43. The molecule has 0 bridgehead atoms. The molecule has 30 heavy (non-hydrogen) atoms. The largest absolute Gasteiger partial charge is 0.378 e. The summed E-state index contributed by atoms with van der Waals surface area (Å²) in [6, 6.07) is 6.34. The topological polar surface area (TPSA) is 69.7 Å². The van der Waals surface area contributed by atoms with Crippen LogP contribution in [0.25, 0.3) is 0 Å². The summed E-state index contributed by atoms with van der Waals surface area (Å²) in [5.41, 5.74) is 1.40. The average molecular weight is 412 g/mol. The molecule has 0 spiro atoms. The minimum absolute atomic E-state index is 0.627. The second-order valence-corrected chi connectivity index (χ2v) is 8.08. The molecule has 0 amide bonds. The molecule has 8 heteroatoms. The lowest BCUT2D eigenvalue weighted by Gasteiger charge is -2.33. The van der Waals surface area contributed by atoms with Crippen molar-refractivity contribution in [1.29, 1.82) is 0 Å². The van der Waals surface area contributed by atoms with Gasteiger partial charge in [-0.15, -0.1) is 0 Å². The highest BCUT2D eigenvalue weighted by Gasteiger charge is 2.21. The number of nitrogens with zero attached hydrogens (tertiary/aromatic N) is 6. The summed E-state index contributed by atoms with van der Waals surface area (Å²) in [6.07, 6.45) is 6.16. The smallest absolute Gasteiger partial charge is 0.227 e. The number of hydrogen-bond donors (Lipinski definition) is 1. The molecule has 2 aliphatic rings. The fraction of sp³-hybridized carbons (Fsp3) is 0.591. The predicted octanol–water partition coefficient (Wildman–Crippen LogP) is 2.07. The number of ether oxygens (including phenoxy) is 1. The molecular formula is C22H33N7O. The number of nitrogens with one attached hydrogen (secondary N) is 1. The molecule has 2 saturated heterocycles. The van der Waals surface area contributed by atoms with E-state index in [0.717, 1.165) is 70.1 Å². The molecule has 0 aromatic carbocycles. The standard InChI is InChI=1S/C22H33N7O/c1-23-20-17-19(3-7-24-20)18-5-9-28(10-6-18)12-11-27(2)22-25-8-4-21(26-22)29-13-15-30-16-14-29/h3-4,7-8,17-18H,5-6,9-16H2,1-2H3,(H,23,24). The summed E-state index contributed by atoms with van der Waals surface area (Å²) < 4.78 is 5.44. The molecule has 162 valence electrons. The lowest BCUT2D eigenvalue weighted by molar-refractivity contribution is 0.122. The maximum Gasteiger partial charge on any atom is 0.227 e. The molecule has 1 N–H and O–H groups in total. The van der Waals surface area contributed by atoms with E-state index in [4.69, 9.17) is 9.72 Å². The molecule has 0 radical (unpaired) electrons. The summed E-state index contributed by atoms with van der Waals surface area (Å²) in [5, 5.41) is 3.14. The lowest BCUT2D eigenvalue weighted by atomic mass is 9.90. The molecule has 0 unspecified atom stereocenters. The van der Waals surface area contributed by atoms with Crippen molar-refractivity contribution in [1.82, 2.24) is 19.9 Å². The van der Waals surface area contributed by atoms with Crippen LogP contribution in [0.5, 0.6) is 0 Å². The predicted molar refractivity (Wildman–Crippen MR) is 121 cm³/mol. The van der Waals surface area contributed by atoms with E-state index in [1.807, 2.05) is 25.5 Å². The van der Waals surface area contributed by atoms with E-state index < -0.39 is 0 Å². The molecule has 8 nitrogen and oxygen atoms in total. The number of aromatic nitrogens is 3. The van der Waals surface area contributed by atoms with Gasteiger partial charge in [-0.2, -0.15) is 4.98 Å². The van der Waals surface area contributed by atoms with Crippen molar-refractivity contribution in [2.45, 2.75) is 18.8 Å². The Bertz CT molecular complexity index is 804. The van der Waals surface area contributed by atoms with Gasteiger partial charge in [-0.25, -0.2) is 9.97 Å². The summed E-state index contributed by atoms with van der Waals surface area (Å²) in [6.45, 7) is 7.53. The summed E-state index contributed by atoms with van der Waals surface area (Å²) in [7, 11) is 4.01. The molecule has 2 aromatic rings. The third-order valence-corrected chi connectivity index (χ3v) is 6.16. The van der Waals surface area contributed by atoms with Gasteiger partial charge in [-0.05, 0) is 55.6 Å². The van der Waals surface area contributed by atoms with Gasteiger partial charge in [0.15, 0.2) is 0 Å². The second-order valence-electron chi connectivity index (χ2n) is 8.08. The molecule has 0 atom stereocenters. The quantitative estimate of drug-likeness (QED) is 0.743. The number of anilines is 3. The second kappa shape index (κ2) is 10.0. The zero-order chi connectivity index (χ0) is 20.8. The van der Waals surface area contributed by atoms with Crippen LogP contribution in [0, 0.1) is 0 Å². The fourth-order valence-electron chi connectivity index (χ4n) is 4.21. The van der Waals surface area contributed by atoms with E-state index in [-0.39, 0.29) is 0 Å². The van der Waals surface area contributed by atoms with E-state index in [9.17, 15) is 0 Å². The number of likely N-dealkylation sites (tertiary alicyclic amines) is 1. The molecule has 2 aliphatic heterocycles. The molecule has 4 heterocycles. The molecule has 4 rings (SSSR count). The fourth-order valence-corrected chi connectivity index (χ4v) is 4.21. The van der Waals surface area contributed by atoms with Crippen LogP contribution >= 0.6 is 0 Å². The number of pyridine rings is 1. The highest BCUT2D eigenvalue weighted by atomic mass is 16.5. The van der Waals surface area contributed by atoms with Crippen molar-refractivity contribution in [2.75, 3.05) is 81.7 Å². The molecule has 2 aromatic heterocycles. The van der Waals surface area contributed by atoms with E-state index in [1.165, 1.54) is 18.4 Å². The Hall–Kier alpha value is -2.45. The first-order valence-electron chi connectivity index (χ1n) is 11.0. The van der Waals surface area contributed by atoms with Gasteiger partial charge in [-0.3, -0.25) is 0 Å². The lowest BCUT2D eigenvalue weighted by Crippen LogP contribution is -2.39. The van der Waals surface area contributed by atoms with Crippen LogP contribution in [0.1, 0.15) is 24.3 Å². The SMILES string of the molecule is CNc1cc(C2CCN(CCN(C)c3nccc(N4CCOCC4)n3)CC2)ccn1. The zero-order valence-electron chi connectivity index (χ0n) is 18.1. The Morgan fingerprint density at radius 1 is 1.10 bits per heavy atom. The van der Waals surface area contributed by atoms with Crippen LogP contribution in [0.4, 0.5) is 17.6 Å². The third-order valence-electron chi connectivity index (χ3n) is 6.16. The van der Waals surface area contributed by atoms with Crippen LogP contribution in [0.15, 0.2) is 30.6 Å². The van der Waals surface area contributed by atoms with E-state index in [2.05, 4.69) is 49.2 Å². The Kier molecular flexibility index (Phi) is 6.96. The van der Waals surface area contributed by atoms with Crippen molar-refractivity contribution < 1.29 is 4.74 Å². The first-order valence-corrected chi connectivity index (χ1v) is 11.0. The zero-order valence-corrected chi connectivity index (χ0v) is 18.1. The maximum absolute atomic E-state index is 5.44. The van der Waals surface area contributed by atoms with Gasteiger partial charge in [0.2, 0.25) is 5.95 Å². The minimum atomic E-state index is 0.627. The van der Waals surface area contributed by atoms with Crippen LogP contribution < -0.4 is 15.1 Å². The van der Waals surface area contributed by atoms with Crippen LogP contribution in [-0.4, -0.2) is 86.4 Å². The molecule has 0 saturated carbocycles. The van der Waals surface area contributed by atoms with Crippen molar-refractivity contribution in [3.63, 3.8) is 0 Å². The number of rotatable bonds is 7. The van der Waals surface area contributed by atoms with Crippen molar-refractivity contribution in [3.8, 4) is 0 Å². The van der Waals surface area contributed by atoms with Crippen LogP contribution in [-0.2, 0) is 4.74 Å². The number of hydrogen-bond acceptors (Lipinski definition) is 8. The van der Waals surface area contributed by atoms with Gasteiger partial charge in [0.25, 0.3) is 0 Å². The summed E-state index contributed by atoms with van der Waals surface area (Å²) in [5.74, 6) is 3.37. The summed E-state index contributed by atoms with van der Waals surface area (Å²) in [4.78, 5) is 20.6. The highest BCUT2D eigenvalue weighted by Crippen LogP contribution is 2.28. The number of likely N-dealkylation sites (N-methyl/N-ethyl adjacent to an activating group) is 1. The van der Waals surface area contributed by atoms with E-state index >= 15 is 0 Å². The van der Waals surface area contributed by atoms with E-state index in [1.54, 1.807) is 0 Å². The van der Waals surface area contributed by atoms with Crippen molar-refractivity contribution in [3.05, 3.63) is 36.2 Å². The Labute approximate surface area is 179 Å². The van der Waals surface area contributed by atoms with Gasteiger partial charge >= 0.3 is 0 Å². The average Bonchev–Trinajstić information content (AvgIpc) is 2.83. The molecular weight excluding hydrogens is 378 g/mol. The van der Waals surface area contributed by atoms with Gasteiger partial charge in [0.1, 0.15) is 11.6 Å². The first-order chi connectivity index (χ1) is 14.7. The van der Waals surface area contributed by atoms with Gasteiger partial charge < -0.3 is 24.8 Å². The van der Waals surface area contributed by atoms with Crippen LogP contribution in [0.2, 0.25) is 0 Å². The number of morpholine rings is 1. The Balaban J connectivity index is 1.26. The normalized spacial score (nSPS) is 18.4. The number of piperidine rings is 1. The van der Waals surface area contributed by atoms with Crippen molar-refractivity contribution in [2.24, 2.45) is 0 Å². The Morgan fingerprint density at radius 2 is 1.87 bits per heavy atom. The summed E-state index contributed by atoms with van der Waals surface area (Å²) >= 11 is 0. The molecule has 2 fully saturated rings. The first kappa shape index (κ1) is 20.8.